The Morgan fingerprint density at radius 2 is 1.67 bits per heavy atom. The SMILES string of the molecule is COC(=O)Cc1ccc(Oc2ccc(S(=O)(=O)CC(C)C3CS3)cc2)cc1. The summed E-state index contributed by atoms with van der Waals surface area (Å²) in [5.74, 6) is 2.27. The third kappa shape index (κ3) is 5.49. The summed E-state index contributed by atoms with van der Waals surface area (Å²) in [5.41, 5.74) is 0.832. The number of thioether (sulfide) groups is 1. The molecule has 5 nitrogen and oxygen atoms in total. The molecule has 0 bridgehead atoms. The Balaban J connectivity index is 1.62. The molecule has 0 aliphatic carbocycles. The maximum absolute atomic E-state index is 12.5. The second-order valence-corrected chi connectivity index (χ2v) is 9.91. The highest BCUT2D eigenvalue weighted by Gasteiger charge is 2.32. The number of ether oxygens (including phenoxy) is 2. The lowest BCUT2D eigenvalue weighted by molar-refractivity contribution is -0.139. The molecule has 0 N–H and O–H groups in total. The average Bonchev–Trinajstić information content (AvgIpc) is 3.49. The molecule has 0 spiro atoms. The van der Waals surface area contributed by atoms with Crippen molar-refractivity contribution in [1.29, 1.82) is 0 Å². The van der Waals surface area contributed by atoms with Gasteiger partial charge in [-0.25, -0.2) is 8.42 Å². The van der Waals surface area contributed by atoms with Crippen LogP contribution in [0.1, 0.15) is 12.5 Å². The van der Waals surface area contributed by atoms with Gasteiger partial charge >= 0.3 is 5.97 Å². The Hall–Kier alpha value is -1.99. The van der Waals surface area contributed by atoms with E-state index in [1.54, 1.807) is 48.5 Å². The van der Waals surface area contributed by atoms with E-state index in [1.807, 2.05) is 18.7 Å². The van der Waals surface area contributed by atoms with Crippen molar-refractivity contribution < 1.29 is 22.7 Å². The van der Waals surface area contributed by atoms with E-state index in [1.165, 1.54) is 7.11 Å². The summed E-state index contributed by atoms with van der Waals surface area (Å²) in [6, 6.07) is 13.6. The van der Waals surface area contributed by atoms with E-state index >= 15 is 0 Å². The maximum Gasteiger partial charge on any atom is 0.309 e. The van der Waals surface area contributed by atoms with Crippen molar-refractivity contribution in [3.05, 3.63) is 54.1 Å². The van der Waals surface area contributed by atoms with Crippen molar-refractivity contribution in [1.82, 2.24) is 0 Å². The molecular formula is C20H22O5S2. The monoisotopic (exact) mass is 406 g/mol. The van der Waals surface area contributed by atoms with Crippen LogP contribution in [0.5, 0.6) is 11.5 Å². The van der Waals surface area contributed by atoms with Gasteiger partial charge in [0.25, 0.3) is 0 Å². The van der Waals surface area contributed by atoms with Crippen LogP contribution in [-0.2, 0) is 25.8 Å². The van der Waals surface area contributed by atoms with E-state index in [2.05, 4.69) is 4.74 Å². The highest BCUT2D eigenvalue weighted by molar-refractivity contribution is 8.07. The summed E-state index contributed by atoms with van der Waals surface area (Å²) in [6.45, 7) is 1.99. The Morgan fingerprint density at radius 1 is 1.11 bits per heavy atom. The molecule has 2 unspecified atom stereocenters. The van der Waals surface area contributed by atoms with Crippen LogP contribution in [0.2, 0.25) is 0 Å². The first-order valence-electron chi connectivity index (χ1n) is 8.65. The average molecular weight is 407 g/mol. The normalized spacial score (nSPS) is 17.2. The summed E-state index contributed by atoms with van der Waals surface area (Å²) in [6.07, 6.45) is 0.209. The predicted octanol–water partition coefficient (Wildman–Crippen LogP) is 3.72. The Bertz CT molecular complexity index is 885. The Morgan fingerprint density at radius 3 is 2.19 bits per heavy atom. The van der Waals surface area contributed by atoms with Crippen LogP contribution < -0.4 is 4.74 Å². The molecule has 0 amide bonds. The summed E-state index contributed by atoms with van der Waals surface area (Å²) >= 11 is 1.81. The van der Waals surface area contributed by atoms with Crippen molar-refractivity contribution in [2.75, 3.05) is 18.6 Å². The first kappa shape index (κ1) is 19.8. The lowest BCUT2D eigenvalue weighted by atomic mass is 10.1. The van der Waals surface area contributed by atoms with Crippen LogP contribution in [0.25, 0.3) is 0 Å². The third-order valence-electron chi connectivity index (χ3n) is 4.39. The minimum Gasteiger partial charge on any atom is -0.469 e. The number of methoxy groups -OCH3 is 1. The van der Waals surface area contributed by atoms with Gasteiger partial charge in [-0.3, -0.25) is 4.79 Å². The Kier molecular flexibility index (Phi) is 6.11. The van der Waals surface area contributed by atoms with Crippen molar-refractivity contribution >= 4 is 27.6 Å². The standard InChI is InChI=1S/C20H22O5S2/c1-14(19-12-26-19)13-27(22,23)18-9-7-17(8-10-18)25-16-5-3-15(4-6-16)11-20(21)24-2/h3-10,14,19H,11-13H2,1-2H3. The number of carbonyl (C=O) groups is 1. The topological polar surface area (TPSA) is 69.7 Å². The number of hydrogen-bond donors (Lipinski definition) is 0. The predicted molar refractivity (Wildman–Crippen MR) is 106 cm³/mol. The Labute approximate surface area is 164 Å². The zero-order valence-corrected chi connectivity index (χ0v) is 16.9. The zero-order valence-electron chi connectivity index (χ0n) is 15.3. The van der Waals surface area contributed by atoms with E-state index in [9.17, 15) is 13.2 Å². The second kappa shape index (κ2) is 8.35. The van der Waals surface area contributed by atoms with Crippen molar-refractivity contribution in [3.8, 4) is 11.5 Å². The smallest absolute Gasteiger partial charge is 0.309 e. The summed E-state index contributed by atoms with van der Waals surface area (Å²) in [7, 11) is -1.93. The molecule has 1 fully saturated rings. The summed E-state index contributed by atoms with van der Waals surface area (Å²) < 4.78 is 35.4. The molecule has 144 valence electrons. The molecular weight excluding hydrogens is 384 g/mol. The van der Waals surface area contributed by atoms with E-state index in [0.29, 0.717) is 21.6 Å². The van der Waals surface area contributed by atoms with E-state index in [-0.39, 0.29) is 24.1 Å². The molecule has 1 aliphatic heterocycles. The van der Waals surface area contributed by atoms with Crippen LogP contribution in [0, 0.1) is 5.92 Å². The van der Waals surface area contributed by atoms with Gasteiger partial charge in [-0.15, -0.1) is 0 Å². The van der Waals surface area contributed by atoms with Crippen LogP contribution >= 0.6 is 11.8 Å². The van der Waals surface area contributed by atoms with Crippen molar-refractivity contribution in [2.24, 2.45) is 5.92 Å². The van der Waals surface area contributed by atoms with Gasteiger partial charge in [-0.1, -0.05) is 19.1 Å². The van der Waals surface area contributed by atoms with E-state index < -0.39 is 9.84 Å². The fourth-order valence-electron chi connectivity index (χ4n) is 2.70. The molecule has 3 rings (SSSR count). The first-order chi connectivity index (χ1) is 12.9. The highest BCUT2D eigenvalue weighted by Crippen LogP contribution is 2.37. The number of hydrogen-bond acceptors (Lipinski definition) is 6. The molecule has 1 saturated heterocycles. The molecule has 27 heavy (non-hydrogen) atoms. The van der Waals surface area contributed by atoms with E-state index in [4.69, 9.17) is 4.74 Å². The minimum atomic E-state index is -3.29. The van der Waals surface area contributed by atoms with Crippen molar-refractivity contribution in [3.63, 3.8) is 0 Å². The van der Waals surface area contributed by atoms with Gasteiger partial charge in [-0.05, 0) is 47.9 Å². The number of carbonyl (C=O) groups excluding carboxylic acids is 1. The molecule has 0 aromatic heterocycles. The van der Waals surface area contributed by atoms with Gasteiger partial charge in [0, 0.05) is 11.0 Å². The molecule has 1 aliphatic rings. The minimum absolute atomic E-state index is 0.166. The number of sulfone groups is 1. The maximum atomic E-state index is 12.5. The lowest BCUT2D eigenvalue weighted by Crippen LogP contribution is -2.17. The molecule has 0 radical (unpaired) electrons. The lowest BCUT2D eigenvalue weighted by Gasteiger charge is -2.11. The third-order valence-corrected chi connectivity index (χ3v) is 7.53. The van der Waals surface area contributed by atoms with Gasteiger partial charge in [0.05, 0.1) is 24.2 Å². The number of rotatable bonds is 8. The van der Waals surface area contributed by atoms with Crippen LogP contribution in [-0.4, -0.2) is 38.3 Å². The molecule has 1 heterocycles. The fraction of sp³-hybridized carbons (Fsp3) is 0.350. The van der Waals surface area contributed by atoms with Gasteiger partial charge in [-0.2, -0.15) is 11.8 Å². The zero-order chi connectivity index (χ0) is 19.4. The number of esters is 1. The van der Waals surface area contributed by atoms with E-state index in [0.717, 1.165) is 11.3 Å². The quantitative estimate of drug-likeness (QED) is 0.492. The summed E-state index contributed by atoms with van der Waals surface area (Å²) in [4.78, 5) is 11.6. The van der Waals surface area contributed by atoms with Gasteiger partial charge in [0.2, 0.25) is 0 Å². The van der Waals surface area contributed by atoms with Crippen LogP contribution in [0.15, 0.2) is 53.4 Å². The largest absolute Gasteiger partial charge is 0.469 e. The molecule has 2 aromatic carbocycles. The van der Waals surface area contributed by atoms with Crippen molar-refractivity contribution in [2.45, 2.75) is 23.5 Å². The van der Waals surface area contributed by atoms with Gasteiger partial charge in [0.15, 0.2) is 9.84 Å². The molecule has 0 saturated carbocycles. The summed E-state index contributed by atoms with van der Waals surface area (Å²) in [5, 5.41) is 0.476. The van der Waals surface area contributed by atoms with Gasteiger partial charge in [0.1, 0.15) is 11.5 Å². The molecule has 2 aromatic rings. The fourth-order valence-corrected chi connectivity index (χ4v) is 5.35. The first-order valence-corrected chi connectivity index (χ1v) is 11.4. The highest BCUT2D eigenvalue weighted by atomic mass is 32.2. The van der Waals surface area contributed by atoms with Crippen LogP contribution in [0.4, 0.5) is 0 Å². The van der Waals surface area contributed by atoms with Crippen LogP contribution in [0.3, 0.4) is 0 Å². The molecule has 2 atom stereocenters. The molecule has 7 heteroatoms. The van der Waals surface area contributed by atoms with Gasteiger partial charge < -0.3 is 9.47 Å². The number of benzene rings is 2. The second-order valence-electron chi connectivity index (χ2n) is 6.60.